The van der Waals surface area contributed by atoms with Crippen molar-refractivity contribution in [1.82, 2.24) is 4.90 Å². The zero-order valence-corrected chi connectivity index (χ0v) is 13.8. The van der Waals surface area contributed by atoms with Crippen LogP contribution in [0, 0.1) is 0 Å². The van der Waals surface area contributed by atoms with Gasteiger partial charge in [0.15, 0.2) is 0 Å². The van der Waals surface area contributed by atoms with Gasteiger partial charge in [0.2, 0.25) is 0 Å². The van der Waals surface area contributed by atoms with E-state index in [1.54, 1.807) is 12.0 Å². The average molecular weight is 313 g/mol. The number of ether oxygens (including phenoxy) is 2. The summed E-state index contributed by atoms with van der Waals surface area (Å²) in [5.74, 6) is 0. The fraction of sp³-hybridized carbons (Fsp3) is 0.600. The average Bonchev–Trinajstić information content (AvgIpc) is 3.16. The molecule has 3 rings (SSSR count). The Morgan fingerprint density at radius 2 is 1.95 bits per heavy atom. The standard InChI is InChI=1S/C15H23NO2S2/c1-17-7-8-18-14-10-16(11-14)9-13-3-5-15(6-4-13)20(2)12-19-20/h3-6,14H,7-12H2,1-2H3. The summed E-state index contributed by atoms with van der Waals surface area (Å²) in [5.41, 5.74) is 1.41. The highest BCUT2D eigenvalue weighted by molar-refractivity contribution is 9.08. The molecule has 1 atom stereocenters. The van der Waals surface area contributed by atoms with Gasteiger partial charge in [-0.15, -0.1) is 0 Å². The Labute approximate surface area is 126 Å². The van der Waals surface area contributed by atoms with Crippen LogP contribution in [0.1, 0.15) is 5.56 Å². The van der Waals surface area contributed by atoms with E-state index >= 15 is 0 Å². The molecule has 0 spiro atoms. The Morgan fingerprint density at radius 1 is 1.25 bits per heavy atom. The molecule has 1 unspecified atom stereocenters. The Hall–Kier alpha value is -0.200. The maximum Gasteiger partial charge on any atom is 0.0830 e. The molecule has 5 heteroatoms. The Kier molecular flexibility index (Phi) is 4.62. The Morgan fingerprint density at radius 3 is 2.55 bits per heavy atom. The second-order valence-electron chi connectivity index (χ2n) is 5.56. The van der Waals surface area contributed by atoms with Crippen LogP contribution in [0.2, 0.25) is 0 Å². The van der Waals surface area contributed by atoms with Crippen molar-refractivity contribution >= 4 is 19.9 Å². The summed E-state index contributed by atoms with van der Waals surface area (Å²) in [7, 11) is 3.39. The summed E-state index contributed by atoms with van der Waals surface area (Å²) in [6.07, 6.45) is 2.81. The highest BCUT2D eigenvalue weighted by Crippen LogP contribution is 2.80. The van der Waals surface area contributed by atoms with Gasteiger partial charge in [0.1, 0.15) is 0 Å². The van der Waals surface area contributed by atoms with Gasteiger partial charge in [-0.25, -0.2) is 0 Å². The zero-order valence-electron chi connectivity index (χ0n) is 12.2. The quantitative estimate of drug-likeness (QED) is 0.438. The fourth-order valence-electron chi connectivity index (χ4n) is 2.40. The van der Waals surface area contributed by atoms with E-state index in [0.717, 1.165) is 19.6 Å². The molecule has 0 radical (unpaired) electrons. The molecule has 0 bridgehead atoms. The number of hydrogen-bond donors (Lipinski definition) is 0. The van der Waals surface area contributed by atoms with Crippen molar-refractivity contribution in [3.05, 3.63) is 29.8 Å². The second-order valence-corrected chi connectivity index (χ2v) is 12.1. The first-order chi connectivity index (χ1) is 9.69. The number of benzene rings is 1. The summed E-state index contributed by atoms with van der Waals surface area (Å²) in [4.78, 5) is 3.99. The number of nitrogens with zero attached hydrogens (tertiary/aromatic N) is 1. The normalized spacial score (nSPS) is 29.7. The summed E-state index contributed by atoms with van der Waals surface area (Å²) in [6, 6.07) is 9.26. The van der Waals surface area contributed by atoms with Gasteiger partial charge in [-0.05, 0) is 28.8 Å². The SMILES string of the molecule is COCCOC1CN(Cc2ccc(S3(C)CS3)cc2)C1. The third-order valence-electron chi connectivity index (χ3n) is 3.86. The molecular formula is C15H23NO2S2. The first kappa shape index (κ1) is 14.7. The third kappa shape index (κ3) is 3.52. The Bertz CT molecular complexity index is 442. The van der Waals surface area contributed by atoms with Gasteiger partial charge in [-0.2, -0.15) is 9.06 Å². The smallest absolute Gasteiger partial charge is 0.0830 e. The lowest BCUT2D eigenvalue weighted by molar-refractivity contribution is -0.0698. The van der Waals surface area contributed by atoms with E-state index in [1.807, 2.05) is 0 Å². The fourth-order valence-corrected chi connectivity index (χ4v) is 6.41. The summed E-state index contributed by atoms with van der Waals surface area (Å²) >= 11 is 0. The monoisotopic (exact) mass is 313 g/mol. The van der Waals surface area contributed by atoms with E-state index in [9.17, 15) is 0 Å². The molecule has 2 fully saturated rings. The predicted octanol–water partition coefficient (Wildman–Crippen LogP) is 2.95. The minimum absolute atomic E-state index is 0.399. The van der Waals surface area contributed by atoms with Gasteiger partial charge in [0, 0.05) is 31.8 Å². The van der Waals surface area contributed by atoms with Gasteiger partial charge in [0.25, 0.3) is 0 Å². The number of likely N-dealkylation sites (tertiary alicyclic amines) is 1. The van der Waals surface area contributed by atoms with Gasteiger partial charge in [0.05, 0.1) is 19.3 Å². The van der Waals surface area contributed by atoms with Gasteiger partial charge >= 0.3 is 0 Å². The zero-order chi connectivity index (χ0) is 14.0. The molecule has 0 saturated carbocycles. The van der Waals surface area contributed by atoms with E-state index in [2.05, 4.69) is 46.2 Å². The van der Waals surface area contributed by atoms with E-state index in [4.69, 9.17) is 9.47 Å². The van der Waals surface area contributed by atoms with Crippen LogP contribution in [0.5, 0.6) is 0 Å². The highest BCUT2D eigenvalue weighted by Gasteiger charge is 2.34. The first-order valence-corrected chi connectivity index (χ1v) is 10.7. The van der Waals surface area contributed by atoms with Crippen molar-refractivity contribution in [2.75, 3.05) is 44.8 Å². The van der Waals surface area contributed by atoms with Gasteiger partial charge in [-0.1, -0.05) is 22.9 Å². The van der Waals surface area contributed by atoms with Crippen LogP contribution in [0.4, 0.5) is 0 Å². The predicted molar refractivity (Wildman–Crippen MR) is 87.6 cm³/mol. The van der Waals surface area contributed by atoms with Crippen molar-refractivity contribution < 1.29 is 9.47 Å². The molecule has 1 aromatic rings. The molecule has 20 heavy (non-hydrogen) atoms. The molecule has 0 amide bonds. The van der Waals surface area contributed by atoms with Crippen molar-refractivity contribution in [1.29, 1.82) is 0 Å². The maximum atomic E-state index is 5.69. The van der Waals surface area contributed by atoms with E-state index < -0.39 is 9.06 Å². The van der Waals surface area contributed by atoms with Gasteiger partial charge < -0.3 is 9.47 Å². The van der Waals surface area contributed by atoms with E-state index in [-0.39, 0.29) is 0 Å². The topological polar surface area (TPSA) is 21.7 Å². The third-order valence-corrected chi connectivity index (χ3v) is 9.48. The van der Waals surface area contributed by atoms with Crippen LogP contribution in [0.15, 0.2) is 29.2 Å². The molecule has 2 saturated heterocycles. The van der Waals surface area contributed by atoms with Crippen molar-refractivity contribution in [3.63, 3.8) is 0 Å². The molecule has 0 aliphatic carbocycles. The van der Waals surface area contributed by atoms with Crippen LogP contribution < -0.4 is 0 Å². The van der Waals surface area contributed by atoms with E-state index in [1.165, 1.54) is 10.6 Å². The lowest BCUT2D eigenvalue weighted by Gasteiger charge is -2.39. The lowest BCUT2D eigenvalue weighted by Crippen LogP contribution is -2.51. The summed E-state index contributed by atoms with van der Waals surface area (Å²) in [6.45, 7) is 4.54. The minimum Gasteiger partial charge on any atom is -0.382 e. The molecular weight excluding hydrogens is 290 g/mol. The van der Waals surface area contributed by atoms with Gasteiger partial charge in [-0.3, -0.25) is 4.90 Å². The van der Waals surface area contributed by atoms with Crippen molar-refractivity contribution in [3.8, 4) is 0 Å². The molecule has 1 aromatic carbocycles. The molecule has 0 aromatic heterocycles. The molecule has 2 aliphatic heterocycles. The first-order valence-electron chi connectivity index (χ1n) is 7.02. The molecule has 3 nitrogen and oxygen atoms in total. The molecule has 2 aliphatic rings. The second kappa shape index (κ2) is 6.28. The van der Waals surface area contributed by atoms with Crippen LogP contribution >= 0.6 is 19.9 Å². The molecule has 112 valence electrons. The lowest BCUT2D eigenvalue weighted by atomic mass is 10.1. The molecule has 2 heterocycles. The van der Waals surface area contributed by atoms with Crippen LogP contribution in [0.3, 0.4) is 0 Å². The summed E-state index contributed by atoms with van der Waals surface area (Å²) < 4.78 is 10.7. The minimum atomic E-state index is -0.440. The van der Waals surface area contributed by atoms with Crippen LogP contribution in [0.25, 0.3) is 0 Å². The van der Waals surface area contributed by atoms with E-state index in [0.29, 0.717) is 19.3 Å². The van der Waals surface area contributed by atoms with Crippen LogP contribution in [-0.4, -0.2) is 55.8 Å². The van der Waals surface area contributed by atoms with Crippen molar-refractivity contribution in [2.24, 2.45) is 0 Å². The number of methoxy groups -OCH3 is 1. The number of hydrogen-bond acceptors (Lipinski definition) is 4. The van der Waals surface area contributed by atoms with Crippen LogP contribution in [-0.2, 0) is 16.0 Å². The largest absolute Gasteiger partial charge is 0.382 e. The maximum absolute atomic E-state index is 5.69. The number of rotatable bonds is 7. The highest BCUT2D eigenvalue weighted by atomic mass is 33.2. The Balaban J connectivity index is 1.41. The van der Waals surface area contributed by atoms with Crippen molar-refractivity contribution in [2.45, 2.75) is 17.5 Å². The molecule has 0 N–H and O–H groups in total. The summed E-state index contributed by atoms with van der Waals surface area (Å²) in [5, 5.41) is 1.35.